The standard InChI is InChI=1S/C20H23N3OS2/c1-21-12-14-22(15-13-21)20(25)26-16-19(24)23(17-8-4-2-5-9-17)18-10-6-3-7-11-18/h2-11H,12-16H2,1H3/p+1. The molecule has 1 amide bonds. The Balaban J connectivity index is 1.67. The fourth-order valence-corrected chi connectivity index (χ4v) is 4.04. The normalized spacial score (nSPS) is 14.9. The summed E-state index contributed by atoms with van der Waals surface area (Å²) in [6.07, 6.45) is 0. The van der Waals surface area contributed by atoms with Crippen molar-refractivity contribution in [2.45, 2.75) is 0 Å². The van der Waals surface area contributed by atoms with Crippen LogP contribution in [-0.2, 0) is 4.79 Å². The molecule has 2 aromatic rings. The monoisotopic (exact) mass is 386 g/mol. The van der Waals surface area contributed by atoms with E-state index in [0.29, 0.717) is 5.75 Å². The number of amides is 1. The number of quaternary nitrogens is 1. The Bertz CT molecular complexity index is 692. The maximum atomic E-state index is 13.0. The van der Waals surface area contributed by atoms with Crippen LogP contribution in [0.15, 0.2) is 60.7 Å². The molecular formula is C20H24N3OS2+. The first-order valence-electron chi connectivity index (χ1n) is 8.81. The summed E-state index contributed by atoms with van der Waals surface area (Å²) in [5.41, 5.74) is 1.75. The predicted octanol–water partition coefficient (Wildman–Crippen LogP) is 2.20. The molecule has 26 heavy (non-hydrogen) atoms. The van der Waals surface area contributed by atoms with E-state index < -0.39 is 0 Å². The van der Waals surface area contributed by atoms with Crippen molar-refractivity contribution in [1.29, 1.82) is 0 Å². The lowest BCUT2D eigenvalue weighted by atomic mass is 10.2. The van der Waals surface area contributed by atoms with Crippen LogP contribution in [0.25, 0.3) is 0 Å². The molecule has 6 heteroatoms. The van der Waals surface area contributed by atoms with Crippen LogP contribution in [0.3, 0.4) is 0 Å². The van der Waals surface area contributed by atoms with E-state index in [1.165, 1.54) is 16.7 Å². The molecule has 1 fully saturated rings. The molecular weight excluding hydrogens is 362 g/mol. The Morgan fingerprint density at radius 2 is 1.54 bits per heavy atom. The third-order valence-corrected chi connectivity index (χ3v) is 5.98. The molecule has 4 nitrogen and oxygen atoms in total. The number of anilines is 2. The summed E-state index contributed by atoms with van der Waals surface area (Å²) < 4.78 is 0.826. The molecule has 1 aliphatic heterocycles. The number of likely N-dealkylation sites (N-methyl/N-ethyl adjacent to an activating group) is 1. The van der Waals surface area contributed by atoms with Crippen molar-refractivity contribution in [1.82, 2.24) is 4.90 Å². The molecule has 136 valence electrons. The first-order valence-corrected chi connectivity index (χ1v) is 10.2. The summed E-state index contributed by atoms with van der Waals surface area (Å²) in [5.74, 6) is 0.372. The number of nitrogens with one attached hydrogen (secondary N) is 1. The average Bonchev–Trinajstić information content (AvgIpc) is 2.68. The van der Waals surface area contributed by atoms with Crippen LogP contribution in [0.5, 0.6) is 0 Å². The molecule has 2 aromatic carbocycles. The molecule has 0 spiro atoms. The summed E-state index contributed by atoms with van der Waals surface area (Å²) in [5, 5.41) is 0. The molecule has 0 aromatic heterocycles. The van der Waals surface area contributed by atoms with E-state index >= 15 is 0 Å². The van der Waals surface area contributed by atoms with Crippen molar-refractivity contribution in [2.24, 2.45) is 0 Å². The number of thioether (sulfide) groups is 1. The van der Waals surface area contributed by atoms with Crippen molar-refractivity contribution in [3.8, 4) is 0 Å². The van der Waals surface area contributed by atoms with Gasteiger partial charge in [-0.2, -0.15) is 0 Å². The van der Waals surface area contributed by atoms with Gasteiger partial charge in [-0.25, -0.2) is 0 Å². The highest BCUT2D eigenvalue weighted by atomic mass is 32.2. The van der Waals surface area contributed by atoms with E-state index in [-0.39, 0.29) is 5.91 Å². The lowest BCUT2D eigenvalue weighted by Crippen LogP contribution is -3.12. The zero-order valence-corrected chi connectivity index (χ0v) is 16.6. The lowest BCUT2D eigenvalue weighted by Gasteiger charge is -2.31. The smallest absolute Gasteiger partial charge is 0.241 e. The van der Waals surface area contributed by atoms with Crippen molar-refractivity contribution in [3.05, 3.63) is 60.7 Å². The van der Waals surface area contributed by atoms with Crippen LogP contribution in [0.4, 0.5) is 11.4 Å². The lowest BCUT2D eigenvalue weighted by molar-refractivity contribution is -0.883. The maximum absolute atomic E-state index is 13.0. The van der Waals surface area contributed by atoms with E-state index in [4.69, 9.17) is 12.2 Å². The van der Waals surface area contributed by atoms with Crippen molar-refractivity contribution in [2.75, 3.05) is 43.9 Å². The largest absolute Gasteiger partial charge is 0.346 e. The minimum absolute atomic E-state index is 0.0366. The SMILES string of the molecule is C[NH+]1CCN(C(=S)SCC(=O)N(c2ccccc2)c2ccccc2)CC1. The van der Waals surface area contributed by atoms with Crippen molar-refractivity contribution < 1.29 is 9.69 Å². The summed E-state index contributed by atoms with van der Waals surface area (Å²) in [4.78, 5) is 18.5. The van der Waals surface area contributed by atoms with E-state index in [1.54, 1.807) is 4.90 Å². The van der Waals surface area contributed by atoms with Gasteiger partial charge in [0.2, 0.25) is 5.91 Å². The molecule has 1 saturated heterocycles. The Hall–Kier alpha value is -1.89. The van der Waals surface area contributed by atoms with Crippen LogP contribution in [0, 0.1) is 0 Å². The van der Waals surface area contributed by atoms with Gasteiger partial charge in [0.05, 0.1) is 39.0 Å². The summed E-state index contributed by atoms with van der Waals surface area (Å²) in [7, 11) is 2.20. The Kier molecular flexibility index (Phi) is 6.66. The number of hydrogen-bond acceptors (Lipinski definition) is 3. The zero-order valence-electron chi connectivity index (χ0n) is 14.9. The van der Waals surface area contributed by atoms with Crippen molar-refractivity contribution >= 4 is 45.6 Å². The number of thiocarbonyl (C=S) groups is 1. The van der Waals surface area contributed by atoms with Gasteiger partial charge in [0.1, 0.15) is 4.32 Å². The fourth-order valence-electron chi connectivity index (χ4n) is 2.94. The summed E-state index contributed by atoms with van der Waals surface area (Å²) in [6.45, 7) is 4.11. The number of hydrogen-bond donors (Lipinski definition) is 1. The highest BCUT2D eigenvalue weighted by molar-refractivity contribution is 8.23. The van der Waals surface area contributed by atoms with E-state index in [0.717, 1.165) is 41.9 Å². The molecule has 0 saturated carbocycles. The van der Waals surface area contributed by atoms with E-state index in [2.05, 4.69) is 11.9 Å². The average molecular weight is 387 g/mol. The van der Waals surface area contributed by atoms with E-state index in [9.17, 15) is 4.79 Å². The Morgan fingerprint density at radius 1 is 1.04 bits per heavy atom. The van der Waals surface area contributed by atoms with Crippen LogP contribution in [0.2, 0.25) is 0 Å². The fraction of sp³-hybridized carbons (Fsp3) is 0.300. The maximum Gasteiger partial charge on any atom is 0.241 e. The molecule has 0 bridgehead atoms. The minimum atomic E-state index is 0.0366. The second-order valence-electron chi connectivity index (χ2n) is 6.40. The summed E-state index contributed by atoms with van der Waals surface area (Å²) in [6, 6.07) is 19.5. The van der Waals surface area contributed by atoms with Gasteiger partial charge in [-0.15, -0.1) is 0 Å². The molecule has 1 N–H and O–H groups in total. The third-order valence-electron chi connectivity index (χ3n) is 4.47. The molecule has 3 rings (SSSR count). The van der Waals surface area contributed by atoms with Gasteiger partial charge in [-0.05, 0) is 24.3 Å². The molecule has 0 atom stereocenters. The zero-order chi connectivity index (χ0) is 18.4. The first-order chi connectivity index (χ1) is 12.6. The topological polar surface area (TPSA) is 28.0 Å². The van der Waals surface area contributed by atoms with Crippen LogP contribution >= 0.6 is 24.0 Å². The van der Waals surface area contributed by atoms with Gasteiger partial charge in [-0.3, -0.25) is 9.69 Å². The van der Waals surface area contributed by atoms with Gasteiger partial charge < -0.3 is 9.80 Å². The van der Waals surface area contributed by atoms with Gasteiger partial charge in [0, 0.05) is 11.4 Å². The first kappa shape index (κ1) is 18.9. The highest BCUT2D eigenvalue weighted by Crippen LogP contribution is 2.26. The van der Waals surface area contributed by atoms with Gasteiger partial charge >= 0.3 is 0 Å². The second kappa shape index (κ2) is 9.16. The summed E-state index contributed by atoms with van der Waals surface area (Å²) >= 11 is 7.03. The molecule has 1 heterocycles. The minimum Gasteiger partial charge on any atom is -0.346 e. The Labute approximate surface area is 164 Å². The van der Waals surface area contributed by atoms with Crippen LogP contribution in [0.1, 0.15) is 0 Å². The number of carbonyl (C=O) groups excluding carboxylic acids is 1. The molecule has 0 aliphatic carbocycles. The van der Waals surface area contributed by atoms with Gasteiger partial charge in [0.15, 0.2) is 0 Å². The number of carbonyl (C=O) groups is 1. The predicted molar refractivity (Wildman–Crippen MR) is 113 cm³/mol. The number of rotatable bonds is 4. The van der Waals surface area contributed by atoms with Gasteiger partial charge in [-0.1, -0.05) is 60.4 Å². The molecule has 0 unspecified atom stereocenters. The number of nitrogens with zero attached hydrogens (tertiary/aromatic N) is 2. The quantitative estimate of drug-likeness (QED) is 0.816. The third kappa shape index (κ3) is 4.84. The van der Waals surface area contributed by atoms with E-state index in [1.807, 2.05) is 60.7 Å². The number of piperazine rings is 1. The highest BCUT2D eigenvalue weighted by Gasteiger charge is 2.22. The van der Waals surface area contributed by atoms with Crippen LogP contribution < -0.4 is 9.80 Å². The van der Waals surface area contributed by atoms with Crippen LogP contribution in [-0.4, -0.2) is 54.1 Å². The second-order valence-corrected chi connectivity index (χ2v) is 8.01. The van der Waals surface area contributed by atoms with Gasteiger partial charge in [0.25, 0.3) is 0 Å². The molecule has 1 aliphatic rings. The number of para-hydroxylation sites is 2. The van der Waals surface area contributed by atoms with Crippen molar-refractivity contribution in [3.63, 3.8) is 0 Å². The Morgan fingerprint density at radius 3 is 2.04 bits per heavy atom. The molecule has 0 radical (unpaired) electrons. The number of benzene rings is 2.